The highest BCUT2D eigenvalue weighted by molar-refractivity contribution is 5.96. The van der Waals surface area contributed by atoms with Crippen LogP contribution < -0.4 is 10.1 Å². The minimum absolute atomic E-state index is 0.0634. The number of allylic oxidation sites excluding steroid dienone is 3. The van der Waals surface area contributed by atoms with Crippen LogP contribution in [0.4, 0.5) is 18.0 Å². The fourth-order valence-electron chi connectivity index (χ4n) is 5.92. The quantitative estimate of drug-likeness (QED) is 0.541. The molecule has 0 saturated carbocycles. The molecule has 1 aliphatic carbocycles. The molecule has 43 heavy (non-hydrogen) atoms. The first-order valence-electron chi connectivity index (χ1n) is 14.2. The largest absolute Gasteiger partial charge is 0.483 e. The standard InChI is InChI=1S/C29H32F3N7O4/c1-15-21(8-18(30)9-22(15)31)24-4-6-34-39(24)29(41)37-12-20(13-37)43-25-10-26(33-11-23(25)32)38-17(3)27(16(2)36-38)28(40)35-19-5-7-42-14-19/h6,8-11,15,19-21,24H,4-5,7,12-14H2,1-3H3,(H,35,40)/t15?,19-,21?,24-/m0/s1. The number of amides is 3. The number of rotatable bonds is 6. The number of aromatic nitrogens is 3. The van der Waals surface area contributed by atoms with Crippen molar-refractivity contribution in [2.45, 2.75) is 51.8 Å². The third kappa shape index (κ3) is 5.51. The highest BCUT2D eigenvalue weighted by atomic mass is 19.1. The number of halogens is 3. The number of nitrogens with one attached hydrogen (secondary N) is 1. The van der Waals surface area contributed by atoms with Crippen molar-refractivity contribution in [3.63, 3.8) is 0 Å². The molecule has 2 unspecified atom stereocenters. The van der Waals surface area contributed by atoms with Crippen LogP contribution in [0.3, 0.4) is 0 Å². The highest BCUT2D eigenvalue weighted by Gasteiger charge is 2.43. The van der Waals surface area contributed by atoms with E-state index in [1.54, 1.807) is 27.0 Å². The molecule has 2 aromatic heterocycles. The van der Waals surface area contributed by atoms with Gasteiger partial charge in [0.15, 0.2) is 17.4 Å². The molecule has 1 N–H and O–H groups in total. The number of hydrogen-bond donors (Lipinski definition) is 1. The van der Waals surface area contributed by atoms with Gasteiger partial charge in [0.05, 0.1) is 54.9 Å². The van der Waals surface area contributed by atoms with E-state index in [0.717, 1.165) is 18.7 Å². The van der Waals surface area contributed by atoms with Crippen LogP contribution in [-0.4, -0.2) is 87.3 Å². The van der Waals surface area contributed by atoms with Crippen LogP contribution in [0.25, 0.3) is 5.82 Å². The van der Waals surface area contributed by atoms with Gasteiger partial charge in [-0.25, -0.2) is 32.6 Å². The van der Waals surface area contributed by atoms with Gasteiger partial charge >= 0.3 is 6.03 Å². The fraction of sp³-hybridized carbons (Fsp3) is 0.483. The Labute approximate surface area is 246 Å². The van der Waals surface area contributed by atoms with Gasteiger partial charge in [-0.3, -0.25) is 4.79 Å². The van der Waals surface area contributed by atoms with Gasteiger partial charge in [0.25, 0.3) is 5.91 Å². The Kier molecular flexibility index (Phi) is 7.71. The molecule has 3 aliphatic heterocycles. The summed E-state index contributed by atoms with van der Waals surface area (Å²) in [6.45, 7) is 6.50. The lowest BCUT2D eigenvalue weighted by atomic mass is 9.82. The smallest absolute Gasteiger partial charge is 0.340 e. The van der Waals surface area contributed by atoms with Crippen LogP contribution in [0, 0.1) is 31.5 Å². The molecule has 228 valence electrons. The molecule has 6 rings (SSSR count). The topological polar surface area (TPSA) is 114 Å². The molecule has 2 saturated heterocycles. The molecule has 4 atom stereocenters. The number of carbonyl (C=O) groups is 2. The van der Waals surface area contributed by atoms with Crippen molar-refractivity contribution in [1.29, 1.82) is 0 Å². The molecule has 2 fully saturated rings. The summed E-state index contributed by atoms with van der Waals surface area (Å²) in [4.78, 5) is 31.8. The Balaban J connectivity index is 1.10. The normalized spacial score (nSPS) is 25.4. The second-order valence-electron chi connectivity index (χ2n) is 11.3. The van der Waals surface area contributed by atoms with E-state index in [0.29, 0.717) is 36.6 Å². The summed E-state index contributed by atoms with van der Waals surface area (Å²) in [5, 5.41) is 12.9. The summed E-state index contributed by atoms with van der Waals surface area (Å²) in [5.74, 6) is -3.15. The number of urea groups is 1. The molecular weight excluding hydrogens is 567 g/mol. The lowest BCUT2D eigenvalue weighted by molar-refractivity contribution is 0.0223. The van der Waals surface area contributed by atoms with Crippen molar-refractivity contribution in [2.75, 3.05) is 26.3 Å². The van der Waals surface area contributed by atoms with Crippen molar-refractivity contribution in [1.82, 2.24) is 30.0 Å². The first kappa shape index (κ1) is 28.9. The summed E-state index contributed by atoms with van der Waals surface area (Å²) in [5.41, 5.74) is 1.45. The minimum atomic E-state index is -0.686. The second-order valence-corrected chi connectivity index (χ2v) is 11.3. The number of aryl methyl sites for hydroxylation is 1. The number of likely N-dealkylation sites (tertiary alicyclic amines) is 1. The molecule has 14 heteroatoms. The van der Waals surface area contributed by atoms with Gasteiger partial charge in [0.1, 0.15) is 17.8 Å². The van der Waals surface area contributed by atoms with E-state index in [9.17, 15) is 22.8 Å². The van der Waals surface area contributed by atoms with Crippen LogP contribution >= 0.6 is 0 Å². The van der Waals surface area contributed by atoms with Crippen molar-refractivity contribution >= 4 is 18.2 Å². The predicted octanol–water partition coefficient (Wildman–Crippen LogP) is 3.76. The maximum Gasteiger partial charge on any atom is 0.340 e. The van der Waals surface area contributed by atoms with Crippen LogP contribution in [-0.2, 0) is 4.74 Å². The summed E-state index contributed by atoms with van der Waals surface area (Å²) in [6, 6.07) is 0.404. The predicted molar refractivity (Wildman–Crippen MR) is 149 cm³/mol. The maximum atomic E-state index is 14.7. The first-order chi connectivity index (χ1) is 20.6. The zero-order valence-electron chi connectivity index (χ0n) is 24.0. The van der Waals surface area contributed by atoms with Gasteiger partial charge in [-0.05, 0) is 26.3 Å². The molecule has 3 amide bonds. The Morgan fingerprint density at radius 1 is 1.19 bits per heavy atom. The number of carbonyl (C=O) groups excluding carboxylic acids is 2. The van der Waals surface area contributed by atoms with Gasteiger partial charge in [0, 0.05) is 43.2 Å². The van der Waals surface area contributed by atoms with E-state index < -0.39 is 47.5 Å². The maximum absolute atomic E-state index is 14.7. The first-order valence-corrected chi connectivity index (χ1v) is 14.2. The number of nitrogens with zero attached hydrogens (tertiary/aromatic N) is 6. The van der Waals surface area contributed by atoms with Gasteiger partial charge < -0.3 is 19.7 Å². The molecule has 2 aromatic rings. The Morgan fingerprint density at radius 3 is 2.72 bits per heavy atom. The zero-order chi connectivity index (χ0) is 30.4. The zero-order valence-corrected chi connectivity index (χ0v) is 24.0. The van der Waals surface area contributed by atoms with E-state index in [1.807, 2.05) is 0 Å². The lowest BCUT2D eigenvalue weighted by Crippen LogP contribution is -2.60. The number of ether oxygens (including phenoxy) is 2. The summed E-state index contributed by atoms with van der Waals surface area (Å²) in [6.07, 6.45) is 5.40. The molecule has 11 nitrogen and oxygen atoms in total. The SMILES string of the molecule is Cc1nn(-c2cc(OC3CN(C(=O)N4N=CC[C@H]4C4C=C(F)C=C(F)C4C)C3)c(F)cn2)c(C)c1C(=O)N[C@H]1CCOC1. The van der Waals surface area contributed by atoms with E-state index in [2.05, 4.69) is 20.5 Å². The summed E-state index contributed by atoms with van der Waals surface area (Å²) >= 11 is 0. The second kappa shape index (κ2) is 11.5. The summed E-state index contributed by atoms with van der Waals surface area (Å²) in [7, 11) is 0. The van der Waals surface area contributed by atoms with E-state index >= 15 is 0 Å². The van der Waals surface area contributed by atoms with Gasteiger partial charge in [-0.15, -0.1) is 0 Å². The molecule has 5 heterocycles. The number of hydrazone groups is 1. The fourth-order valence-corrected chi connectivity index (χ4v) is 5.92. The monoisotopic (exact) mass is 599 g/mol. The summed E-state index contributed by atoms with van der Waals surface area (Å²) < 4.78 is 55.6. The molecule has 0 spiro atoms. The van der Waals surface area contributed by atoms with Crippen LogP contribution in [0.2, 0.25) is 0 Å². The highest BCUT2D eigenvalue weighted by Crippen LogP contribution is 2.37. The third-order valence-corrected chi connectivity index (χ3v) is 8.37. The molecule has 0 aromatic carbocycles. The van der Waals surface area contributed by atoms with E-state index in [4.69, 9.17) is 9.47 Å². The number of hydrogen-bond acceptors (Lipinski definition) is 7. The van der Waals surface area contributed by atoms with Crippen LogP contribution in [0.15, 0.2) is 41.2 Å². The van der Waals surface area contributed by atoms with Gasteiger partial charge in [-0.2, -0.15) is 10.2 Å². The van der Waals surface area contributed by atoms with E-state index in [-0.39, 0.29) is 36.6 Å². The van der Waals surface area contributed by atoms with Crippen LogP contribution in [0.5, 0.6) is 5.75 Å². The van der Waals surface area contributed by atoms with Crippen molar-refractivity contribution < 1.29 is 32.2 Å². The van der Waals surface area contributed by atoms with Crippen molar-refractivity contribution in [2.24, 2.45) is 16.9 Å². The van der Waals surface area contributed by atoms with Gasteiger partial charge in [-0.1, -0.05) is 6.92 Å². The average Bonchev–Trinajstić information content (AvgIpc) is 3.69. The van der Waals surface area contributed by atoms with Gasteiger partial charge in [0.2, 0.25) is 0 Å². The molecular formula is C29H32F3N7O4. The van der Waals surface area contributed by atoms with Crippen LogP contribution in [0.1, 0.15) is 41.5 Å². The molecule has 4 aliphatic rings. The lowest BCUT2D eigenvalue weighted by Gasteiger charge is -2.42. The third-order valence-electron chi connectivity index (χ3n) is 8.37. The Morgan fingerprint density at radius 2 is 1.98 bits per heavy atom. The van der Waals surface area contributed by atoms with Crippen molar-refractivity contribution in [3.05, 3.63) is 58.8 Å². The Bertz CT molecular complexity index is 1530. The Hall–Kier alpha value is -4.20. The molecule has 0 bridgehead atoms. The average molecular weight is 600 g/mol. The number of pyridine rings is 1. The minimum Gasteiger partial charge on any atom is -0.483 e. The van der Waals surface area contributed by atoms with Crippen molar-refractivity contribution in [3.8, 4) is 11.6 Å². The van der Waals surface area contributed by atoms with E-state index in [1.165, 1.54) is 26.7 Å². The molecule has 0 radical (unpaired) electrons.